The maximum atomic E-state index is 13.2. The smallest absolute Gasteiger partial charge is 0.307 e. The average Bonchev–Trinajstić information content (AvgIpc) is 3.49. The number of carbonyl (C=O) groups is 1. The topological polar surface area (TPSA) is 59.5 Å². The minimum Gasteiger partial charge on any atom is -0.432 e. The molecule has 0 radical (unpaired) electrons. The second-order valence-corrected chi connectivity index (χ2v) is 7.79. The van der Waals surface area contributed by atoms with Gasteiger partial charge in [-0.05, 0) is 40.8 Å². The predicted octanol–water partition coefficient (Wildman–Crippen LogP) is 5.10. The monoisotopic (exact) mass is 393 g/mol. The average molecular weight is 393 g/mol. The summed E-state index contributed by atoms with van der Waals surface area (Å²) in [6.07, 6.45) is 4.89. The van der Waals surface area contributed by atoms with Crippen molar-refractivity contribution in [2.45, 2.75) is 12.8 Å². The number of nitrogens with zero attached hydrogens (tertiary/aromatic N) is 2. The van der Waals surface area contributed by atoms with Gasteiger partial charge in [0.05, 0.1) is 6.20 Å². The lowest BCUT2D eigenvalue weighted by atomic mass is 10.0. The Labute approximate surface area is 173 Å². The van der Waals surface area contributed by atoms with E-state index in [9.17, 15) is 4.79 Å². The van der Waals surface area contributed by atoms with Crippen molar-refractivity contribution in [3.8, 4) is 11.3 Å². The van der Waals surface area contributed by atoms with E-state index in [1.807, 2.05) is 30.3 Å². The molecule has 0 unspecified atom stereocenters. The van der Waals surface area contributed by atoms with Crippen molar-refractivity contribution in [1.82, 2.24) is 9.38 Å². The SMILES string of the molecule is O=C(Nc1c(-c2ccc3ccccc3c2)nc2occn12)C1Cc2ccccc2C1. The van der Waals surface area contributed by atoms with Crippen LogP contribution in [0.5, 0.6) is 0 Å². The van der Waals surface area contributed by atoms with Crippen LogP contribution in [0.3, 0.4) is 0 Å². The molecule has 0 atom stereocenters. The van der Waals surface area contributed by atoms with E-state index in [0.29, 0.717) is 17.4 Å². The van der Waals surface area contributed by atoms with Gasteiger partial charge in [-0.1, -0.05) is 60.7 Å². The lowest BCUT2D eigenvalue weighted by Crippen LogP contribution is -2.24. The number of aromatic nitrogens is 2. The Morgan fingerprint density at radius 2 is 1.70 bits per heavy atom. The first-order valence-electron chi connectivity index (χ1n) is 10.1. The Bertz CT molecular complexity index is 1390. The molecule has 0 bridgehead atoms. The van der Waals surface area contributed by atoms with Crippen LogP contribution in [0.15, 0.2) is 83.6 Å². The van der Waals surface area contributed by atoms with E-state index in [1.165, 1.54) is 16.5 Å². The molecule has 1 amide bonds. The van der Waals surface area contributed by atoms with Gasteiger partial charge in [0.2, 0.25) is 5.91 Å². The number of hydrogen-bond acceptors (Lipinski definition) is 3. The Morgan fingerprint density at radius 1 is 0.967 bits per heavy atom. The van der Waals surface area contributed by atoms with E-state index < -0.39 is 0 Å². The van der Waals surface area contributed by atoms with Crippen LogP contribution in [-0.2, 0) is 17.6 Å². The zero-order chi connectivity index (χ0) is 20.1. The van der Waals surface area contributed by atoms with Gasteiger partial charge < -0.3 is 9.73 Å². The fourth-order valence-corrected chi connectivity index (χ4v) is 4.41. The summed E-state index contributed by atoms with van der Waals surface area (Å²) in [6, 6.07) is 22.7. The Kier molecular flexibility index (Phi) is 3.74. The summed E-state index contributed by atoms with van der Waals surface area (Å²) in [6.45, 7) is 0. The number of oxazole rings is 1. The first-order valence-corrected chi connectivity index (χ1v) is 10.1. The van der Waals surface area contributed by atoms with Gasteiger partial charge in [-0.15, -0.1) is 0 Å². The maximum Gasteiger partial charge on any atom is 0.307 e. The quantitative estimate of drug-likeness (QED) is 0.464. The van der Waals surface area contributed by atoms with Gasteiger partial charge in [-0.25, -0.2) is 0 Å². The Balaban J connectivity index is 1.38. The van der Waals surface area contributed by atoms with Crippen LogP contribution in [-0.4, -0.2) is 15.3 Å². The molecule has 2 aromatic heterocycles. The first-order chi connectivity index (χ1) is 14.8. The first kappa shape index (κ1) is 17.0. The minimum absolute atomic E-state index is 0.0104. The molecule has 5 heteroatoms. The van der Waals surface area contributed by atoms with E-state index in [4.69, 9.17) is 4.42 Å². The molecule has 6 rings (SSSR count). The summed E-state index contributed by atoms with van der Waals surface area (Å²) < 4.78 is 7.30. The van der Waals surface area contributed by atoms with Gasteiger partial charge in [-0.3, -0.25) is 9.20 Å². The fourth-order valence-electron chi connectivity index (χ4n) is 4.41. The summed E-state index contributed by atoms with van der Waals surface area (Å²) in [5, 5.41) is 5.44. The van der Waals surface area contributed by atoms with Crippen LogP contribution in [0.4, 0.5) is 5.82 Å². The second kappa shape index (κ2) is 6.59. The van der Waals surface area contributed by atoms with Crippen molar-refractivity contribution in [2.75, 3.05) is 5.32 Å². The highest BCUT2D eigenvalue weighted by molar-refractivity contribution is 5.97. The van der Waals surface area contributed by atoms with Crippen molar-refractivity contribution in [3.63, 3.8) is 0 Å². The molecule has 146 valence electrons. The molecule has 0 aliphatic heterocycles. The summed E-state index contributed by atoms with van der Waals surface area (Å²) >= 11 is 0. The zero-order valence-electron chi connectivity index (χ0n) is 16.2. The molecule has 0 saturated heterocycles. The van der Waals surface area contributed by atoms with Crippen LogP contribution >= 0.6 is 0 Å². The third kappa shape index (κ3) is 2.70. The van der Waals surface area contributed by atoms with Crippen molar-refractivity contribution in [3.05, 3.63) is 90.3 Å². The van der Waals surface area contributed by atoms with Gasteiger partial charge in [0, 0.05) is 11.5 Å². The molecule has 0 fully saturated rings. The number of rotatable bonds is 3. The maximum absolute atomic E-state index is 13.2. The number of amides is 1. The summed E-state index contributed by atoms with van der Waals surface area (Å²) in [5.74, 6) is 1.04. The van der Waals surface area contributed by atoms with E-state index in [-0.39, 0.29) is 11.8 Å². The summed E-state index contributed by atoms with van der Waals surface area (Å²) in [7, 11) is 0. The largest absolute Gasteiger partial charge is 0.432 e. The fraction of sp³-hybridized carbons (Fsp3) is 0.120. The number of carbonyl (C=O) groups excluding carboxylic acids is 1. The van der Waals surface area contributed by atoms with Crippen molar-refractivity contribution < 1.29 is 9.21 Å². The summed E-state index contributed by atoms with van der Waals surface area (Å²) in [4.78, 5) is 17.8. The number of hydrogen-bond donors (Lipinski definition) is 1. The molecular weight excluding hydrogens is 374 g/mol. The van der Waals surface area contributed by atoms with Crippen LogP contribution in [0, 0.1) is 5.92 Å². The highest BCUT2D eigenvalue weighted by Gasteiger charge is 2.29. The number of anilines is 1. The van der Waals surface area contributed by atoms with Crippen molar-refractivity contribution in [1.29, 1.82) is 0 Å². The van der Waals surface area contributed by atoms with Crippen molar-refractivity contribution >= 4 is 28.3 Å². The molecule has 30 heavy (non-hydrogen) atoms. The van der Waals surface area contributed by atoms with E-state index >= 15 is 0 Å². The number of imidazole rings is 1. The highest BCUT2D eigenvalue weighted by Crippen LogP contribution is 2.33. The van der Waals surface area contributed by atoms with Crippen LogP contribution < -0.4 is 5.32 Å². The van der Waals surface area contributed by atoms with Gasteiger partial charge >= 0.3 is 5.84 Å². The zero-order valence-corrected chi connectivity index (χ0v) is 16.2. The Hall–Kier alpha value is -3.86. The molecule has 5 aromatic rings. The Morgan fingerprint density at radius 3 is 2.50 bits per heavy atom. The molecular formula is C25H19N3O2. The molecule has 1 aliphatic carbocycles. The number of benzene rings is 3. The lowest BCUT2D eigenvalue weighted by molar-refractivity contribution is -0.119. The molecule has 1 aliphatic rings. The third-order valence-electron chi connectivity index (χ3n) is 5.95. The van der Waals surface area contributed by atoms with Gasteiger partial charge in [0.15, 0.2) is 0 Å². The van der Waals surface area contributed by atoms with Crippen molar-refractivity contribution in [2.24, 2.45) is 5.92 Å². The third-order valence-corrected chi connectivity index (χ3v) is 5.95. The molecule has 0 spiro atoms. The van der Waals surface area contributed by atoms with E-state index in [2.05, 4.69) is 46.7 Å². The summed E-state index contributed by atoms with van der Waals surface area (Å²) in [5.41, 5.74) is 4.17. The van der Waals surface area contributed by atoms with E-state index in [1.54, 1.807) is 16.9 Å². The highest BCUT2D eigenvalue weighted by atomic mass is 16.3. The molecule has 2 heterocycles. The lowest BCUT2D eigenvalue weighted by Gasteiger charge is -2.11. The second-order valence-electron chi connectivity index (χ2n) is 7.79. The predicted molar refractivity (Wildman–Crippen MR) is 116 cm³/mol. The minimum atomic E-state index is -0.0793. The van der Waals surface area contributed by atoms with Crippen LogP contribution in [0.2, 0.25) is 0 Å². The normalized spacial score (nSPS) is 13.7. The standard InChI is InChI=1S/C25H19N3O2/c29-24(21-14-18-7-3-4-8-19(18)15-21)27-23-22(26-25-28(23)11-12-30-25)20-10-9-16-5-1-2-6-17(16)13-20/h1-13,21H,14-15H2,(H,27,29). The van der Waals surface area contributed by atoms with E-state index in [0.717, 1.165) is 23.8 Å². The number of nitrogens with one attached hydrogen (secondary N) is 1. The van der Waals surface area contributed by atoms with Crippen LogP contribution in [0.25, 0.3) is 27.9 Å². The van der Waals surface area contributed by atoms with Gasteiger partial charge in [0.1, 0.15) is 17.8 Å². The molecule has 5 nitrogen and oxygen atoms in total. The van der Waals surface area contributed by atoms with Gasteiger partial charge in [-0.2, -0.15) is 4.98 Å². The van der Waals surface area contributed by atoms with Gasteiger partial charge in [0.25, 0.3) is 0 Å². The molecule has 1 N–H and O–H groups in total. The number of fused-ring (bicyclic) bond motifs is 3. The van der Waals surface area contributed by atoms with Crippen LogP contribution in [0.1, 0.15) is 11.1 Å². The molecule has 0 saturated carbocycles. The molecule has 3 aromatic carbocycles.